The summed E-state index contributed by atoms with van der Waals surface area (Å²) in [6.45, 7) is 4.51. The average Bonchev–Trinajstić information content (AvgIpc) is 2.89. The summed E-state index contributed by atoms with van der Waals surface area (Å²) in [7, 11) is 0. The first kappa shape index (κ1) is 36.8. The molecule has 0 bridgehead atoms. The number of aliphatic imine (C=N–C) groups is 2. The van der Waals surface area contributed by atoms with E-state index >= 15 is 0 Å². The molecule has 0 rings (SSSR count). The van der Waals surface area contributed by atoms with Crippen LogP contribution in [0.4, 0.5) is 0 Å². The molecule has 0 saturated heterocycles. The Morgan fingerprint density at radius 2 is 1.25 bits per heavy atom. The van der Waals surface area contributed by atoms with Gasteiger partial charge < -0.3 is 50.4 Å². The quantitative estimate of drug-likeness (QED) is 0.0292. The Balaban J connectivity index is 5.45. The highest BCUT2D eigenvalue weighted by atomic mass is 35.5. The summed E-state index contributed by atoms with van der Waals surface area (Å²) in [5.41, 5.74) is 32.8. The summed E-state index contributed by atoms with van der Waals surface area (Å²) in [5.74, 6) is -2.76. The van der Waals surface area contributed by atoms with Gasteiger partial charge in [-0.05, 0) is 57.4 Å². The molecule has 15 nitrogen and oxygen atoms in total. The molecule has 0 aliphatic rings. The molecule has 40 heavy (non-hydrogen) atoms. The van der Waals surface area contributed by atoms with E-state index in [4.69, 9.17) is 46.0 Å². The van der Waals surface area contributed by atoms with Crippen LogP contribution in [0.2, 0.25) is 0 Å². The van der Waals surface area contributed by atoms with E-state index in [1.54, 1.807) is 13.8 Å². The minimum Gasteiger partial charge on any atom is -0.370 e. The Morgan fingerprint density at radius 1 is 0.725 bits per heavy atom. The van der Waals surface area contributed by atoms with E-state index in [1.807, 2.05) is 0 Å². The molecule has 0 heterocycles. The van der Waals surface area contributed by atoms with Crippen molar-refractivity contribution >= 4 is 47.0 Å². The van der Waals surface area contributed by atoms with Crippen LogP contribution in [0.3, 0.4) is 0 Å². The van der Waals surface area contributed by atoms with E-state index in [2.05, 4.69) is 25.9 Å². The number of nitrogens with one attached hydrogen (secondary N) is 3. The highest BCUT2D eigenvalue weighted by molar-refractivity contribution is 6.28. The fourth-order valence-corrected chi connectivity index (χ4v) is 3.84. The van der Waals surface area contributed by atoms with Crippen LogP contribution in [-0.4, -0.2) is 85.1 Å². The molecule has 16 heteroatoms. The van der Waals surface area contributed by atoms with Crippen LogP contribution in [0, 0.1) is 5.92 Å². The zero-order valence-corrected chi connectivity index (χ0v) is 24.3. The van der Waals surface area contributed by atoms with Crippen molar-refractivity contribution in [2.75, 3.05) is 25.5 Å². The molecule has 0 unspecified atom stereocenters. The number of Topliss-reactive ketones (excluding diaryl/α,β-unsaturated/α-hetero) is 1. The Labute approximate surface area is 241 Å². The van der Waals surface area contributed by atoms with Crippen molar-refractivity contribution in [1.82, 2.24) is 16.0 Å². The van der Waals surface area contributed by atoms with Crippen LogP contribution in [0.1, 0.15) is 58.8 Å². The van der Waals surface area contributed by atoms with Gasteiger partial charge in [-0.25, -0.2) is 0 Å². The Bertz CT molecular complexity index is 862. The van der Waals surface area contributed by atoms with Crippen molar-refractivity contribution in [3.8, 4) is 0 Å². The van der Waals surface area contributed by atoms with Gasteiger partial charge in [-0.2, -0.15) is 0 Å². The second-order valence-electron chi connectivity index (χ2n) is 9.74. The maximum absolute atomic E-state index is 13.2. The molecule has 0 fully saturated rings. The number of rotatable bonds is 21. The van der Waals surface area contributed by atoms with Crippen molar-refractivity contribution in [3.63, 3.8) is 0 Å². The van der Waals surface area contributed by atoms with E-state index in [-0.39, 0.29) is 48.9 Å². The minimum atomic E-state index is -0.978. The second kappa shape index (κ2) is 20.7. The topological polar surface area (TPSA) is 285 Å². The van der Waals surface area contributed by atoms with Gasteiger partial charge in [-0.1, -0.05) is 13.8 Å². The SMILES string of the molecule is CC(C)[C@H](NC(=O)[C@@H](N)CCCN=C(N)N)C(=O)N[C@@H](CCCCN)C(=O)N[C@@H](CCCN=C(N)N)C(=O)CCl. The molecule has 0 aromatic heterocycles. The van der Waals surface area contributed by atoms with Gasteiger partial charge in [0.1, 0.15) is 12.1 Å². The first-order valence-electron chi connectivity index (χ1n) is 13.4. The van der Waals surface area contributed by atoms with Gasteiger partial charge in [0.05, 0.1) is 18.0 Å². The van der Waals surface area contributed by atoms with Gasteiger partial charge in [0.15, 0.2) is 17.7 Å². The second-order valence-corrected chi connectivity index (χ2v) is 10.0. The molecule has 3 amide bonds. The number of hydrogen-bond donors (Lipinski definition) is 9. The lowest BCUT2D eigenvalue weighted by Gasteiger charge is -2.27. The number of halogens is 1. The van der Waals surface area contributed by atoms with Crippen molar-refractivity contribution in [2.45, 2.75) is 83.0 Å². The molecule has 0 saturated carbocycles. The molecule has 15 N–H and O–H groups in total. The van der Waals surface area contributed by atoms with Crippen LogP contribution in [0.25, 0.3) is 0 Å². The molecule has 4 atom stereocenters. The Morgan fingerprint density at radius 3 is 1.75 bits per heavy atom. The van der Waals surface area contributed by atoms with Crippen LogP contribution in [-0.2, 0) is 19.2 Å². The van der Waals surface area contributed by atoms with E-state index in [0.717, 1.165) is 0 Å². The van der Waals surface area contributed by atoms with Crippen molar-refractivity contribution in [3.05, 3.63) is 0 Å². The van der Waals surface area contributed by atoms with Crippen LogP contribution in [0.5, 0.6) is 0 Å². The number of unbranched alkanes of at least 4 members (excludes halogenated alkanes) is 1. The monoisotopic (exact) mass is 589 g/mol. The van der Waals surface area contributed by atoms with Crippen molar-refractivity contribution < 1.29 is 19.2 Å². The van der Waals surface area contributed by atoms with Gasteiger partial charge in [-0.15, -0.1) is 11.6 Å². The molecule has 0 aromatic carbocycles. The number of carbonyl (C=O) groups is 4. The lowest BCUT2D eigenvalue weighted by Crippen LogP contribution is -2.58. The normalized spacial score (nSPS) is 13.8. The maximum Gasteiger partial charge on any atom is 0.243 e. The van der Waals surface area contributed by atoms with Crippen molar-refractivity contribution in [2.24, 2.45) is 50.3 Å². The highest BCUT2D eigenvalue weighted by Crippen LogP contribution is 2.09. The Kier molecular flexibility index (Phi) is 19.1. The predicted octanol–water partition coefficient (Wildman–Crippen LogP) is -2.53. The largest absolute Gasteiger partial charge is 0.370 e. The molecule has 0 aromatic rings. The average molecular weight is 590 g/mol. The highest BCUT2D eigenvalue weighted by Gasteiger charge is 2.31. The van der Waals surface area contributed by atoms with E-state index in [9.17, 15) is 19.2 Å². The Hall–Kier alpha value is -3.17. The number of amides is 3. The summed E-state index contributed by atoms with van der Waals surface area (Å²) in [4.78, 5) is 59.2. The first-order valence-corrected chi connectivity index (χ1v) is 13.9. The zero-order chi connectivity index (χ0) is 30.7. The van der Waals surface area contributed by atoms with Crippen LogP contribution < -0.4 is 50.4 Å². The smallest absolute Gasteiger partial charge is 0.243 e. The van der Waals surface area contributed by atoms with Gasteiger partial charge >= 0.3 is 0 Å². The summed E-state index contributed by atoms with van der Waals surface area (Å²) < 4.78 is 0. The number of ketones is 1. The maximum atomic E-state index is 13.2. The van der Waals surface area contributed by atoms with Gasteiger partial charge in [0.25, 0.3) is 0 Å². The molecule has 230 valence electrons. The van der Waals surface area contributed by atoms with Gasteiger partial charge in [0.2, 0.25) is 17.7 Å². The third-order valence-corrected chi connectivity index (χ3v) is 6.18. The zero-order valence-electron chi connectivity index (χ0n) is 23.5. The van der Waals surface area contributed by atoms with Crippen LogP contribution >= 0.6 is 11.6 Å². The first-order chi connectivity index (χ1) is 18.8. The number of guanidine groups is 2. The number of nitrogens with two attached hydrogens (primary N) is 6. The van der Waals surface area contributed by atoms with Gasteiger partial charge in [-0.3, -0.25) is 29.2 Å². The van der Waals surface area contributed by atoms with E-state index in [0.29, 0.717) is 45.2 Å². The minimum absolute atomic E-state index is 0.0519. The number of nitrogens with zero attached hydrogens (tertiary/aromatic N) is 2. The number of carbonyl (C=O) groups excluding carboxylic acids is 4. The van der Waals surface area contributed by atoms with Crippen molar-refractivity contribution in [1.29, 1.82) is 0 Å². The summed E-state index contributed by atoms with van der Waals surface area (Å²) in [6, 6.07) is -3.70. The van der Waals surface area contributed by atoms with Crippen LogP contribution in [0.15, 0.2) is 9.98 Å². The number of hydrogen-bond acceptors (Lipinski definition) is 8. The van der Waals surface area contributed by atoms with E-state index in [1.165, 1.54) is 0 Å². The molecule has 0 aliphatic heterocycles. The summed E-state index contributed by atoms with van der Waals surface area (Å²) >= 11 is 5.74. The number of alkyl halides is 1. The van der Waals surface area contributed by atoms with Gasteiger partial charge in [0, 0.05) is 13.1 Å². The standard InChI is InChI=1S/C24H48ClN11O4/c1-14(2)19(36-20(38)15(27)7-5-11-32-23(28)29)22(40)35-17(8-3-4-10-26)21(39)34-16(18(37)13-25)9-6-12-33-24(30)31/h14-17,19H,3-13,26-27H2,1-2H3,(H,34,39)(H,35,40)(H,36,38)(H4,28,29,32)(H4,30,31,33)/t15-,16-,17-,19-/m0/s1. The predicted molar refractivity (Wildman–Crippen MR) is 157 cm³/mol. The fraction of sp³-hybridized carbons (Fsp3) is 0.750. The molecule has 0 aliphatic carbocycles. The molecular weight excluding hydrogens is 542 g/mol. The molecule has 0 radical (unpaired) electrons. The fourth-order valence-electron chi connectivity index (χ4n) is 3.65. The third-order valence-electron chi connectivity index (χ3n) is 5.91. The summed E-state index contributed by atoms with van der Waals surface area (Å²) in [6.07, 6.45) is 2.90. The third kappa shape index (κ3) is 16.1. The molecule has 0 spiro atoms. The lowest BCUT2D eigenvalue weighted by molar-refractivity contribution is -0.134. The summed E-state index contributed by atoms with van der Waals surface area (Å²) in [5, 5.41) is 8.08. The molecular formula is C24H48ClN11O4. The lowest BCUT2D eigenvalue weighted by atomic mass is 10.0. The van der Waals surface area contributed by atoms with E-state index < -0.39 is 41.9 Å².